The van der Waals surface area contributed by atoms with Crippen LogP contribution in [0.5, 0.6) is 0 Å². The predicted octanol–water partition coefficient (Wildman–Crippen LogP) is -4.99. The monoisotopic (exact) mass is 146 g/mol. The van der Waals surface area contributed by atoms with Gasteiger partial charge in [-0.3, -0.25) is 0 Å². The molecule has 0 radical (unpaired) electrons. The van der Waals surface area contributed by atoms with Crippen LogP contribution in [0.2, 0.25) is 0 Å². The zero-order valence-electron chi connectivity index (χ0n) is 3.56. The number of halogens is 1. The molecule has 0 fully saturated rings. The summed E-state index contributed by atoms with van der Waals surface area (Å²) in [6.07, 6.45) is 0. The van der Waals surface area contributed by atoms with E-state index < -0.39 is 18.1 Å². The molecule has 0 aromatic rings. The van der Waals surface area contributed by atoms with Gasteiger partial charge in [0, 0.05) is 4.66 Å². The highest BCUT2D eigenvalue weighted by Crippen LogP contribution is 1.40. The van der Waals surface area contributed by atoms with Crippen molar-refractivity contribution < 1.29 is 39.8 Å². The first-order chi connectivity index (χ1) is 3.46. The van der Waals surface area contributed by atoms with Crippen LogP contribution >= 0.6 is 0 Å². The molecule has 50 valence electrons. The molecule has 0 aromatic carbocycles. The molecule has 6 nitrogen and oxygen atoms in total. The normalized spacial score (nSPS) is 7.88. The fourth-order valence-corrected chi connectivity index (χ4v) is 0. The topological polar surface area (TPSA) is 127 Å². The lowest BCUT2D eigenvalue weighted by atomic mass is 10.3. The van der Waals surface area contributed by atoms with E-state index in [0.29, 0.717) is 0 Å². The second kappa shape index (κ2) is 7.11. The van der Waals surface area contributed by atoms with Crippen molar-refractivity contribution in [2.45, 2.75) is 0 Å². The summed E-state index contributed by atoms with van der Waals surface area (Å²) in [5, 5.41) is 21.5. The van der Waals surface area contributed by atoms with Gasteiger partial charge in [-0.25, -0.2) is 0 Å². The minimum atomic E-state index is -2.60. The van der Waals surface area contributed by atoms with Crippen LogP contribution in [-0.4, -0.2) is 27.1 Å². The smallest absolute Gasteiger partial charge is 0.402 e. The first kappa shape index (κ1) is 11.0. The molecular formula is H4BClO6. The summed E-state index contributed by atoms with van der Waals surface area (Å²) in [5.41, 5.74) is 0. The van der Waals surface area contributed by atoms with Gasteiger partial charge in [0.15, 0.2) is 0 Å². The van der Waals surface area contributed by atoms with Crippen molar-refractivity contribution in [1.82, 2.24) is 0 Å². The maximum Gasteiger partial charge on any atom is 0.631 e. The first-order valence-corrected chi connectivity index (χ1v) is 2.21. The van der Waals surface area contributed by atoms with Gasteiger partial charge >= 0.3 is 7.32 Å². The molecule has 0 bridgehead atoms. The lowest BCUT2D eigenvalue weighted by Crippen LogP contribution is -2.30. The molecular weight excluding hydrogens is 142 g/mol. The van der Waals surface area contributed by atoms with Gasteiger partial charge in [-0.2, -0.15) is 0 Å². The lowest BCUT2D eigenvalue weighted by Gasteiger charge is -1.72. The Morgan fingerprint density at radius 2 is 1.12 bits per heavy atom. The highest BCUT2D eigenvalue weighted by molar-refractivity contribution is 6.30. The van der Waals surface area contributed by atoms with Crippen LogP contribution in [0.15, 0.2) is 0 Å². The van der Waals surface area contributed by atoms with E-state index in [1.54, 1.807) is 0 Å². The molecule has 8 heavy (non-hydrogen) atoms. The molecule has 0 aliphatic carbocycles. The van der Waals surface area contributed by atoms with Gasteiger partial charge in [-0.05, 0) is 0 Å². The Morgan fingerprint density at radius 3 is 1.12 bits per heavy atom. The summed E-state index contributed by atoms with van der Waals surface area (Å²) in [5.74, 6) is 0. The Labute approximate surface area is 48.2 Å². The van der Waals surface area contributed by atoms with E-state index in [9.17, 15) is 0 Å². The van der Waals surface area contributed by atoms with Crippen molar-refractivity contribution >= 4 is 7.32 Å². The largest absolute Gasteiger partial charge is 0.631 e. The van der Waals surface area contributed by atoms with Gasteiger partial charge in [0.05, 0.1) is 0 Å². The minimum Gasteiger partial charge on any atom is -0.402 e. The minimum absolute atomic E-state index is 2.17. The predicted molar refractivity (Wildman–Crippen MR) is 14.6 cm³/mol. The average molecular weight is 146 g/mol. The van der Waals surface area contributed by atoms with E-state index >= 15 is 0 Å². The third-order valence-electron chi connectivity index (χ3n) is 0. The molecule has 0 unspecified atom stereocenters. The number of hydrogen-bond donors (Lipinski definition) is 4. The molecule has 8 heteroatoms. The summed E-state index contributed by atoms with van der Waals surface area (Å²) in [4.78, 5) is 0. The highest BCUT2D eigenvalue weighted by Gasteiger charge is 1.92. The van der Waals surface area contributed by atoms with Crippen molar-refractivity contribution in [1.29, 1.82) is 0 Å². The summed E-state index contributed by atoms with van der Waals surface area (Å²) in [7, 11) is -4.77. The van der Waals surface area contributed by atoms with Crippen molar-refractivity contribution in [2.24, 2.45) is 0 Å². The molecule has 0 saturated carbocycles. The van der Waals surface area contributed by atoms with E-state index in [1.807, 2.05) is 0 Å². The van der Waals surface area contributed by atoms with Crippen molar-refractivity contribution in [3.05, 3.63) is 0 Å². The molecule has 0 atom stereocenters. The first-order valence-electron chi connectivity index (χ1n) is 1.25. The second-order valence-corrected chi connectivity index (χ2v) is 0.949. The van der Waals surface area contributed by atoms with Crippen molar-refractivity contribution in [3.8, 4) is 0 Å². The van der Waals surface area contributed by atoms with E-state index in [-0.39, 0.29) is 0 Å². The average Bonchev–Trinajstić information content (AvgIpc) is 1.25. The van der Waals surface area contributed by atoms with Crippen LogP contribution in [0.3, 0.4) is 0 Å². The summed E-state index contributed by atoms with van der Waals surface area (Å²) >= 11 is 0. The van der Waals surface area contributed by atoms with Crippen LogP contribution in [0.1, 0.15) is 0 Å². The number of rotatable bonds is 0. The Balaban J connectivity index is 0. The van der Waals surface area contributed by atoms with Gasteiger partial charge in [-0.15, -0.1) is 0 Å². The van der Waals surface area contributed by atoms with Gasteiger partial charge in [0.25, 0.3) is 10.8 Å². The standard InChI is InChI=1S/BH3O3.ClHO3/c2*2-1(3)4/h2-4H;2H. The van der Waals surface area contributed by atoms with E-state index in [1.165, 1.54) is 0 Å². The molecule has 0 rings (SSSR count). The highest BCUT2D eigenvalue weighted by atomic mass is 35.6. The zero-order valence-corrected chi connectivity index (χ0v) is 4.32. The summed E-state index contributed by atoms with van der Waals surface area (Å²) in [6, 6.07) is 0. The molecule has 4 N–H and O–H groups in total. The van der Waals surface area contributed by atoms with E-state index in [0.717, 1.165) is 0 Å². The van der Waals surface area contributed by atoms with E-state index in [4.69, 9.17) is 29.0 Å². The Hall–Kier alpha value is 0.115. The Kier molecular flexibility index (Phi) is 9.77. The molecule has 0 heterocycles. The quantitative estimate of drug-likeness (QED) is 0.253. The lowest BCUT2D eigenvalue weighted by molar-refractivity contribution is -1.63. The summed E-state index contributed by atoms with van der Waals surface area (Å²) in [6.45, 7) is 0. The number of hydrogen-bond acceptors (Lipinski definition) is 6. The van der Waals surface area contributed by atoms with Crippen LogP contribution in [0.4, 0.5) is 0 Å². The van der Waals surface area contributed by atoms with Crippen LogP contribution < -0.4 is 9.32 Å². The van der Waals surface area contributed by atoms with E-state index in [2.05, 4.69) is 0 Å². The Morgan fingerprint density at radius 1 is 1.12 bits per heavy atom. The van der Waals surface area contributed by atoms with Gasteiger partial charge in [0.1, 0.15) is 0 Å². The molecule has 0 amide bonds. The third kappa shape index (κ3) is 12100. The molecule has 0 saturated heterocycles. The zero-order chi connectivity index (χ0) is 7.15. The third-order valence-corrected chi connectivity index (χ3v) is 0. The molecule has 0 spiro atoms. The van der Waals surface area contributed by atoms with Crippen LogP contribution in [-0.2, 0) is 0 Å². The second-order valence-electron chi connectivity index (χ2n) is 0.547. The van der Waals surface area contributed by atoms with Crippen LogP contribution in [0, 0.1) is 10.8 Å². The maximum atomic E-state index is 8.52. The van der Waals surface area contributed by atoms with Crippen molar-refractivity contribution in [2.75, 3.05) is 0 Å². The summed E-state index contributed by atoms with van der Waals surface area (Å²) < 4.78 is 24.0. The fraction of sp³-hybridized carbons (Fsp3) is 0. The van der Waals surface area contributed by atoms with Gasteiger partial charge in [0.2, 0.25) is 0 Å². The molecule has 0 aliphatic heterocycles. The molecule has 0 aromatic heterocycles. The van der Waals surface area contributed by atoms with Gasteiger partial charge in [-0.1, -0.05) is 0 Å². The van der Waals surface area contributed by atoms with Gasteiger partial charge < -0.3 is 24.4 Å². The SMILES string of the molecule is OB(O)O.[O-][Cl+2]([O-])O. The van der Waals surface area contributed by atoms with Crippen LogP contribution in [0.25, 0.3) is 0 Å². The fourth-order valence-electron chi connectivity index (χ4n) is 0. The maximum absolute atomic E-state index is 8.52. The Bertz CT molecular complexity index is 24.0. The van der Waals surface area contributed by atoms with Crippen molar-refractivity contribution in [3.63, 3.8) is 0 Å². The molecule has 0 aliphatic rings.